The topological polar surface area (TPSA) is 97.0 Å². The quantitative estimate of drug-likeness (QED) is 0.796. The molecule has 8 nitrogen and oxygen atoms in total. The fourth-order valence-electron chi connectivity index (χ4n) is 3.19. The maximum Gasteiger partial charge on any atom is 0.265 e. The Bertz CT molecular complexity index is 987. The highest BCUT2D eigenvalue weighted by atomic mass is 32.2. The number of anilines is 1. The molecule has 0 unspecified atom stereocenters. The zero-order valence-electron chi connectivity index (χ0n) is 15.2. The molecular formula is C19H21N3O5S. The Morgan fingerprint density at radius 3 is 2.57 bits per heavy atom. The van der Waals surface area contributed by atoms with Crippen molar-refractivity contribution in [3.63, 3.8) is 0 Å². The first-order valence-electron chi connectivity index (χ1n) is 9.10. The first kappa shape index (κ1) is 18.6. The molecule has 1 fully saturated rings. The molecule has 0 radical (unpaired) electrons. The Morgan fingerprint density at radius 2 is 1.75 bits per heavy atom. The van der Waals surface area contributed by atoms with Gasteiger partial charge in [0.2, 0.25) is 6.79 Å². The summed E-state index contributed by atoms with van der Waals surface area (Å²) in [6.45, 7) is 1.71. The van der Waals surface area contributed by atoms with E-state index in [0.717, 1.165) is 32.4 Å². The van der Waals surface area contributed by atoms with Gasteiger partial charge in [-0.1, -0.05) is 12.5 Å². The second kappa shape index (κ2) is 7.69. The molecule has 28 heavy (non-hydrogen) atoms. The van der Waals surface area contributed by atoms with Gasteiger partial charge < -0.3 is 9.47 Å². The van der Waals surface area contributed by atoms with Crippen LogP contribution in [0.1, 0.15) is 29.6 Å². The van der Waals surface area contributed by atoms with E-state index in [1.807, 2.05) is 5.01 Å². The second-order valence-electron chi connectivity index (χ2n) is 6.69. The normalized spacial score (nSPS) is 16.6. The highest BCUT2D eigenvalue weighted by Gasteiger charge is 2.20. The van der Waals surface area contributed by atoms with Crippen molar-refractivity contribution in [2.45, 2.75) is 24.2 Å². The smallest absolute Gasteiger partial charge is 0.265 e. The predicted molar refractivity (Wildman–Crippen MR) is 103 cm³/mol. The van der Waals surface area contributed by atoms with Crippen LogP contribution in [0.2, 0.25) is 0 Å². The number of ether oxygens (including phenoxy) is 2. The number of benzene rings is 2. The van der Waals surface area contributed by atoms with Gasteiger partial charge in [0.15, 0.2) is 11.5 Å². The third-order valence-electron chi connectivity index (χ3n) is 4.65. The number of hydrazine groups is 1. The minimum absolute atomic E-state index is 0.0106. The summed E-state index contributed by atoms with van der Waals surface area (Å²) < 4.78 is 38.5. The van der Waals surface area contributed by atoms with E-state index in [-0.39, 0.29) is 17.6 Å². The molecule has 0 bridgehead atoms. The predicted octanol–water partition coefficient (Wildman–Crippen LogP) is 2.35. The lowest BCUT2D eigenvalue weighted by atomic mass is 10.1. The summed E-state index contributed by atoms with van der Waals surface area (Å²) in [6, 6.07) is 10.8. The largest absolute Gasteiger partial charge is 0.454 e. The molecule has 1 saturated heterocycles. The van der Waals surface area contributed by atoms with Gasteiger partial charge in [-0.15, -0.1) is 0 Å². The van der Waals surface area contributed by atoms with Crippen LogP contribution >= 0.6 is 0 Å². The van der Waals surface area contributed by atoms with Crippen molar-refractivity contribution >= 4 is 21.6 Å². The SMILES string of the molecule is O=C(NN1CCCCC1)c1cccc(S(=O)(=O)Nc2ccc3c(c2)OCO3)c1. The maximum atomic E-state index is 12.7. The number of amides is 1. The highest BCUT2D eigenvalue weighted by Crippen LogP contribution is 2.34. The molecule has 2 N–H and O–H groups in total. The van der Waals surface area contributed by atoms with Crippen LogP contribution in [0.25, 0.3) is 0 Å². The molecule has 4 rings (SSSR count). The van der Waals surface area contributed by atoms with Crippen molar-refractivity contribution in [1.82, 2.24) is 10.4 Å². The number of carbonyl (C=O) groups is 1. The van der Waals surface area contributed by atoms with Crippen LogP contribution in [0.4, 0.5) is 5.69 Å². The van der Waals surface area contributed by atoms with E-state index in [0.29, 0.717) is 22.7 Å². The molecule has 2 heterocycles. The molecule has 0 aliphatic carbocycles. The van der Waals surface area contributed by atoms with Gasteiger partial charge in [-0.05, 0) is 43.2 Å². The second-order valence-corrected chi connectivity index (χ2v) is 8.37. The summed E-state index contributed by atoms with van der Waals surface area (Å²) in [5.41, 5.74) is 3.49. The molecule has 0 saturated carbocycles. The van der Waals surface area contributed by atoms with Crippen molar-refractivity contribution in [1.29, 1.82) is 0 Å². The third kappa shape index (κ3) is 4.05. The van der Waals surface area contributed by atoms with E-state index < -0.39 is 10.0 Å². The zero-order valence-corrected chi connectivity index (χ0v) is 16.0. The van der Waals surface area contributed by atoms with Gasteiger partial charge >= 0.3 is 0 Å². The van der Waals surface area contributed by atoms with Crippen LogP contribution in [0.3, 0.4) is 0 Å². The number of hydrogen-bond donors (Lipinski definition) is 2. The molecule has 148 valence electrons. The van der Waals surface area contributed by atoms with Crippen LogP contribution in [0.15, 0.2) is 47.4 Å². The van der Waals surface area contributed by atoms with E-state index in [4.69, 9.17) is 9.47 Å². The lowest BCUT2D eigenvalue weighted by Crippen LogP contribution is -2.45. The molecule has 1 amide bonds. The summed E-state index contributed by atoms with van der Waals surface area (Å²) >= 11 is 0. The first-order chi connectivity index (χ1) is 13.5. The van der Waals surface area contributed by atoms with Gasteiger partial charge in [0, 0.05) is 24.7 Å². The van der Waals surface area contributed by atoms with Gasteiger partial charge in [0.1, 0.15) is 0 Å². The van der Waals surface area contributed by atoms with E-state index >= 15 is 0 Å². The molecule has 2 aromatic carbocycles. The minimum Gasteiger partial charge on any atom is -0.454 e. The molecule has 2 aliphatic heterocycles. The van der Waals surface area contributed by atoms with Crippen molar-refractivity contribution in [2.24, 2.45) is 0 Å². The molecule has 0 atom stereocenters. The Labute approximate surface area is 163 Å². The Hall–Kier alpha value is -2.78. The van der Waals surface area contributed by atoms with Crippen LogP contribution in [-0.2, 0) is 10.0 Å². The number of nitrogens with one attached hydrogen (secondary N) is 2. The molecule has 2 aromatic rings. The minimum atomic E-state index is -3.86. The van der Waals surface area contributed by atoms with Gasteiger partial charge in [-0.2, -0.15) is 0 Å². The average Bonchev–Trinajstić information content (AvgIpc) is 3.16. The molecule has 9 heteroatoms. The number of carbonyl (C=O) groups excluding carboxylic acids is 1. The van der Waals surface area contributed by atoms with Gasteiger partial charge in [-0.25, -0.2) is 13.4 Å². The maximum absolute atomic E-state index is 12.7. The Balaban J connectivity index is 1.50. The van der Waals surface area contributed by atoms with Gasteiger partial charge in [-0.3, -0.25) is 14.9 Å². The van der Waals surface area contributed by atoms with Crippen molar-refractivity contribution in [2.75, 3.05) is 24.6 Å². The average molecular weight is 403 g/mol. The fraction of sp³-hybridized carbons (Fsp3) is 0.316. The van der Waals surface area contributed by atoms with Crippen molar-refractivity contribution in [3.05, 3.63) is 48.0 Å². The first-order valence-corrected chi connectivity index (χ1v) is 10.6. The monoisotopic (exact) mass is 403 g/mol. The molecule has 0 spiro atoms. The number of rotatable bonds is 5. The number of sulfonamides is 1. The van der Waals surface area contributed by atoms with E-state index in [2.05, 4.69) is 10.1 Å². The fourth-order valence-corrected chi connectivity index (χ4v) is 4.29. The molecule has 2 aliphatic rings. The number of nitrogens with zero attached hydrogens (tertiary/aromatic N) is 1. The molecule has 0 aromatic heterocycles. The molecular weight excluding hydrogens is 382 g/mol. The number of fused-ring (bicyclic) bond motifs is 1. The van der Waals surface area contributed by atoms with Crippen molar-refractivity contribution < 1.29 is 22.7 Å². The summed E-state index contributed by atoms with van der Waals surface area (Å²) in [6.07, 6.45) is 3.23. The summed E-state index contributed by atoms with van der Waals surface area (Å²) in [7, 11) is -3.86. The Morgan fingerprint density at radius 1 is 0.964 bits per heavy atom. The van der Waals surface area contributed by atoms with Gasteiger partial charge in [0.05, 0.1) is 10.6 Å². The van der Waals surface area contributed by atoms with Gasteiger partial charge in [0.25, 0.3) is 15.9 Å². The highest BCUT2D eigenvalue weighted by molar-refractivity contribution is 7.92. The van der Waals surface area contributed by atoms with Crippen LogP contribution in [0, 0.1) is 0 Å². The number of hydrogen-bond acceptors (Lipinski definition) is 6. The van der Waals surface area contributed by atoms with E-state index in [1.165, 1.54) is 12.1 Å². The van der Waals surface area contributed by atoms with Crippen LogP contribution < -0.4 is 19.6 Å². The summed E-state index contributed by atoms with van der Waals surface area (Å²) in [4.78, 5) is 12.5. The third-order valence-corrected chi connectivity index (χ3v) is 6.03. The van der Waals surface area contributed by atoms with Crippen LogP contribution in [-0.4, -0.2) is 39.2 Å². The zero-order chi connectivity index (χ0) is 19.6. The van der Waals surface area contributed by atoms with E-state index in [1.54, 1.807) is 30.3 Å². The standard InChI is InChI=1S/C19H21N3O5S/c23-19(20-22-9-2-1-3-10-22)14-5-4-6-16(11-14)28(24,25)21-15-7-8-17-18(12-15)27-13-26-17/h4-8,11-12,21H,1-3,9-10,13H2,(H,20,23). The summed E-state index contributed by atoms with van der Waals surface area (Å²) in [5, 5.41) is 1.87. The lowest BCUT2D eigenvalue weighted by Gasteiger charge is -2.26. The summed E-state index contributed by atoms with van der Waals surface area (Å²) in [5.74, 6) is 0.733. The van der Waals surface area contributed by atoms with Crippen LogP contribution in [0.5, 0.6) is 11.5 Å². The number of piperidine rings is 1. The Kier molecular flexibility index (Phi) is 5.10. The van der Waals surface area contributed by atoms with E-state index in [9.17, 15) is 13.2 Å². The van der Waals surface area contributed by atoms with Crippen molar-refractivity contribution in [3.8, 4) is 11.5 Å². The lowest BCUT2D eigenvalue weighted by molar-refractivity contribution is 0.0750.